The lowest BCUT2D eigenvalue weighted by Crippen LogP contribution is -2.37. The van der Waals surface area contributed by atoms with E-state index in [9.17, 15) is 9.59 Å². The minimum atomic E-state index is 0.0140. The summed E-state index contributed by atoms with van der Waals surface area (Å²) in [7, 11) is 0. The third kappa shape index (κ3) is 3.78. The van der Waals surface area contributed by atoms with E-state index in [1.165, 1.54) is 5.56 Å². The number of piperidine rings is 1. The molecule has 0 saturated carbocycles. The van der Waals surface area contributed by atoms with Gasteiger partial charge in [-0.15, -0.1) is 6.42 Å². The number of benzene rings is 2. The molecule has 4 nitrogen and oxygen atoms in total. The van der Waals surface area contributed by atoms with E-state index in [1.807, 2.05) is 36.1 Å². The van der Waals surface area contributed by atoms with Gasteiger partial charge in [0.2, 0.25) is 6.41 Å². The number of likely N-dealkylation sites (tertiary alicyclic amines) is 1. The first-order chi connectivity index (χ1) is 12.6. The summed E-state index contributed by atoms with van der Waals surface area (Å²) < 4.78 is 0. The van der Waals surface area contributed by atoms with Crippen LogP contribution in [0.3, 0.4) is 0 Å². The fraction of sp³-hybridized carbons (Fsp3) is 0.273. The standard InChI is InChI=1S/C22H22N2O2/c1-3-17-5-8-18(9-6-17)19-10-12-24(13-11-19)22(26)20-7-4-16(2)21(14-20)23-15-25/h1,4-9,14-15,19H,10-13H2,2H3,(H,23,25). The Hall–Kier alpha value is -3.06. The number of amides is 2. The number of aryl methyl sites for hydroxylation is 1. The molecule has 1 aliphatic rings. The molecule has 0 radical (unpaired) electrons. The molecule has 4 heteroatoms. The average Bonchev–Trinajstić information content (AvgIpc) is 2.69. The van der Waals surface area contributed by atoms with Crippen LogP contribution in [0.4, 0.5) is 5.69 Å². The maximum atomic E-state index is 12.8. The van der Waals surface area contributed by atoms with Gasteiger partial charge in [-0.25, -0.2) is 0 Å². The van der Waals surface area contributed by atoms with E-state index in [0.717, 1.165) is 37.1 Å². The Morgan fingerprint density at radius 3 is 2.50 bits per heavy atom. The summed E-state index contributed by atoms with van der Waals surface area (Å²) in [6, 6.07) is 13.6. The second kappa shape index (κ2) is 7.88. The second-order valence-corrected chi connectivity index (χ2v) is 6.62. The Kier molecular flexibility index (Phi) is 5.38. The van der Waals surface area contributed by atoms with E-state index in [1.54, 1.807) is 6.07 Å². The number of carbonyl (C=O) groups is 2. The Bertz CT molecular complexity index is 841. The molecule has 2 amide bonds. The third-order valence-corrected chi connectivity index (χ3v) is 5.03. The zero-order valence-electron chi connectivity index (χ0n) is 14.9. The summed E-state index contributed by atoms with van der Waals surface area (Å²) in [5.74, 6) is 3.10. The van der Waals surface area contributed by atoms with Crippen molar-refractivity contribution in [3.8, 4) is 12.3 Å². The summed E-state index contributed by atoms with van der Waals surface area (Å²) in [5.41, 5.74) is 4.39. The van der Waals surface area contributed by atoms with Crippen LogP contribution in [0.5, 0.6) is 0 Å². The van der Waals surface area contributed by atoms with Crippen molar-refractivity contribution in [2.45, 2.75) is 25.7 Å². The predicted molar refractivity (Wildman–Crippen MR) is 103 cm³/mol. The lowest BCUT2D eigenvalue weighted by atomic mass is 9.89. The largest absolute Gasteiger partial charge is 0.339 e. The van der Waals surface area contributed by atoms with Crippen LogP contribution in [-0.4, -0.2) is 30.3 Å². The Balaban J connectivity index is 1.65. The number of nitrogens with one attached hydrogen (secondary N) is 1. The van der Waals surface area contributed by atoms with Crippen molar-refractivity contribution in [3.05, 3.63) is 64.7 Å². The number of anilines is 1. The summed E-state index contributed by atoms with van der Waals surface area (Å²) >= 11 is 0. The molecule has 0 unspecified atom stereocenters. The van der Waals surface area contributed by atoms with Crippen LogP contribution in [0.1, 0.15) is 45.8 Å². The van der Waals surface area contributed by atoms with E-state index in [4.69, 9.17) is 6.42 Å². The lowest BCUT2D eigenvalue weighted by molar-refractivity contribution is -0.105. The molecule has 0 aliphatic carbocycles. The van der Waals surface area contributed by atoms with Crippen molar-refractivity contribution < 1.29 is 9.59 Å². The predicted octanol–water partition coefficient (Wildman–Crippen LogP) is 3.56. The van der Waals surface area contributed by atoms with Gasteiger partial charge in [-0.2, -0.15) is 0 Å². The molecule has 1 heterocycles. The molecule has 132 valence electrons. The molecule has 26 heavy (non-hydrogen) atoms. The fourth-order valence-electron chi connectivity index (χ4n) is 3.42. The quantitative estimate of drug-likeness (QED) is 0.680. The molecular formula is C22H22N2O2. The van der Waals surface area contributed by atoms with Crippen molar-refractivity contribution in [2.75, 3.05) is 18.4 Å². The Morgan fingerprint density at radius 2 is 1.88 bits per heavy atom. The maximum Gasteiger partial charge on any atom is 0.253 e. The first kappa shape index (κ1) is 17.8. The summed E-state index contributed by atoms with van der Waals surface area (Å²) in [6.07, 6.45) is 7.91. The van der Waals surface area contributed by atoms with Crippen LogP contribution in [0, 0.1) is 19.3 Å². The van der Waals surface area contributed by atoms with E-state index in [2.05, 4.69) is 23.4 Å². The fourth-order valence-corrected chi connectivity index (χ4v) is 3.42. The normalized spacial score (nSPS) is 14.5. The molecule has 0 aromatic heterocycles. The zero-order chi connectivity index (χ0) is 18.5. The number of nitrogens with zero attached hydrogens (tertiary/aromatic N) is 1. The van der Waals surface area contributed by atoms with E-state index in [0.29, 0.717) is 23.6 Å². The highest BCUT2D eigenvalue weighted by atomic mass is 16.2. The van der Waals surface area contributed by atoms with Gasteiger partial charge in [0.25, 0.3) is 5.91 Å². The monoisotopic (exact) mass is 346 g/mol. The van der Waals surface area contributed by atoms with Crippen molar-refractivity contribution in [1.82, 2.24) is 4.90 Å². The van der Waals surface area contributed by atoms with Gasteiger partial charge in [-0.3, -0.25) is 9.59 Å². The van der Waals surface area contributed by atoms with Crippen LogP contribution in [0.25, 0.3) is 0 Å². The van der Waals surface area contributed by atoms with Crippen molar-refractivity contribution in [1.29, 1.82) is 0 Å². The smallest absolute Gasteiger partial charge is 0.253 e. The Morgan fingerprint density at radius 1 is 1.19 bits per heavy atom. The number of terminal acetylenes is 1. The van der Waals surface area contributed by atoms with Gasteiger partial charge in [-0.1, -0.05) is 24.1 Å². The summed E-state index contributed by atoms with van der Waals surface area (Å²) in [5, 5.41) is 2.65. The van der Waals surface area contributed by atoms with Gasteiger partial charge in [0, 0.05) is 29.9 Å². The molecular weight excluding hydrogens is 324 g/mol. The Labute approximate surface area is 154 Å². The van der Waals surface area contributed by atoms with E-state index in [-0.39, 0.29) is 5.91 Å². The molecule has 1 saturated heterocycles. The van der Waals surface area contributed by atoms with Gasteiger partial charge in [-0.05, 0) is 61.1 Å². The minimum Gasteiger partial charge on any atom is -0.339 e. The van der Waals surface area contributed by atoms with Gasteiger partial charge in [0.05, 0.1) is 0 Å². The summed E-state index contributed by atoms with van der Waals surface area (Å²) in [6.45, 7) is 3.35. The second-order valence-electron chi connectivity index (χ2n) is 6.62. The van der Waals surface area contributed by atoms with Crippen molar-refractivity contribution in [2.24, 2.45) is 0 Å². The molecule has 2 aromatic rings. The van der Waals surface area contributed by atoms with Crippen LogP contribution < -0.4 is 5.32 Å². The van der Waals surface area contributed by atoms with Crippen LogP contribution in [0.2, 0.25) is 0 Å². The first-order valence-corrected chi connectivity index (χ1v) is 8.79. The number of rotatable bonds is 4. The van der Waals surface area contributed by atoms with Gasteiger partial charge < -0.3 is 10.2 Å². The third-order valence-electron chi connectivity index (χ3n) is 5.03. The van der Waals surface area contributed by atoms with Gasteiger partial charge >= 0.3 is 0 Å². The highest BCUT2D eigenvalue weighted by Gasteiger charge is 2.24. The number of carbonyl (C=O) groups excluding carboxylic acids is 2. The highest BCUT2D eigenvalue weighted by Crippen LogP contribution is 2.29. The van der Waals surface area contributed by atoms with E-state index < -0.39 is 0 Å². The molecule has 1 N–H and O–H groups in total. The SMILES string of the molecule is C#Cc1ccc(C2CCN(C(=O)c3ccc(C)c(NC=O)c3)CC2)cc1. The summed E-state index contributed by atoms with van der Waals surface area (Å²) in [4.78, 5) is 25.4. The molecule has 0 atom stereocenters. The molecule has 0 bridgehead atoms. The molecule has 0 spiro atoms. The highest BCUT2D eigenvalue weighted by molar-refractivity contribution is 5.96. The topological polar surface area (TPSA) is 49.4 Å². The van der Waals surface area contributed by atoms with Crippen LogP contribution in [-0.2, 0) is 4.79 Å². The van der Waals surface area contributed by atoms with Crippen molar-refractivity contribution >= 4 is 18.0 Å². The average molecular weight is 346 g/mol. The minimum absolute atomic E-state index is 0.0140. The van der Waals surface area contributed by atoms with Crippen LogP contribution >= 0.6 is 0 Å². The zero-order valence-corrected chi connectivity index (χ0v) is 14.9. The maximum absolute atomic E-state index is 12.8. The van der Waals surface area contributed by atoms with Gasteiger partial charge in [0.1, 0.15) is 0 Å². The van der Waals surface area contributed by atoms with Gasteiger partial charge in [0.15, 0.2) is 0 Å². The molecule has 2 aromatic carbocycles. The first-order valence-electron chi connectivity index (χ1n) is 8.79. The van der Waals surface area contributed by atoms with Crippen molar-refractivity contribution in [3.63, 3.8) is 0 Å². The van der Waals surface area contributed by atoms with E-state index >= 15 is 0 Å². The lowest BCUT2D eigenvalue weighted by Gasteiger charge is -2.32. The number of hydrogen-bond donors (Lipinski definition) is 1. The number of hydrogen-bond acceptors (Lipinski definition) is 2. The molecule has 3 rings (SSSR count). The molecule has 1 aliphatic heterocycles. The molecule has 1 fully saturated rings. The van der Waals surface area contributed by atoms with Crippen LogP contribution in [0.15, 0.2) is 42.5 Å².